The highest BCUT2D eigenvalue weighted by Crippen LogP contribution is 2.38. The van der Waals surface area contributed by atoms with Crippen molar-refractivity contribution >= 4 is 49.9 Å². The highest BCUT2D eigenvalue weighted by molar-refractivity contribution is 7.86. The standard InChI is InChI=1S/C15H15Cl2N3.CHF3O3S/c1-20-9-2-3-10(20)7-8(6-9)15-18-12-5-4-11(16)13(17)14(12)19-15;2-1(3,4)8(5,6)7/h4-6,9-10H,2-3,7H2,1H3,(H,18,19);(H,5,6,7). The molecule has 0 radical (unpaired) electrons. The Labute approximate surface area is 169 Å². The van der Waals surface area contributed by atoms with Crippen LogP contribution >= 0.6 is 23.2 Å². The summed E-state index contributed by atoms with van der Waals surface area (Å²) >= 11 is 12.3. The molecule has 2 atom stereocenters. The quantitative estimate of drug-likeness (QED) is 0.485. The van der Waals surface area contributed by atoms with Crippen molar-refractivity contribution in [3.8, 4) is 0 Å². The van der Waals surface area contributed by atoms with Gasteiger partial charge in [0.1, 0.15) is 11.3 Å². The summed E-state index contributed by atoms with van der Waals surface area (Å²) in [5.74, 6) is 0.939. The molecule has 1 aromatic carbocycles. The first-order valence-electron chi connectivity index (χ1n) is 8.19. The Morgan fingerprint density at radius 3 is 2.50 bits per heavy atom. The van der Waals surface area contributed by atoms with Gasteiger partial charge in [0.15, 0.2) is 0 Å². The second-order valence-electron chi connectivity index (χ2n) is 6.62. The average Bonchev–Trinajstić information content (AvgIpc) is 3.07. The van der Waals surface area contributed by atoms with E-state index in [0.29, 0.717) is 22.1 Å². The maximum Gasteiger partial charge on any atom is 0.522 e. The molecule has 0 saturated carbocycles. The van der Waals surface area contributed by atoms with E-state index in [1.165, 1.54) is 18.4 Å². The van der Waals surface area contributed by atoms with Crippen molar-refractivity contribution < 1.29 is 26.1 Å². The smallest absolute Gasteiger partial charge is 0.338 e. The fourth-order valence-corrected chi connectivity index (χ4v) is 3.75. The van der Waals surface area contributed by atoms with E-state index in [0.717, 1.165) is 23.3 Å². The van der Waals surface area contributed by atoms with Crippen molar-refractivity contribution in [2.75, 3.05) is 7.05 Å². The van der Waals surface area contributed by atoms with E-state index >= 15 is 0 Å². The number of H-pyrrole nitrogens is 1. The third-order valence-corrected chi connectivity index (χ3v) is 6.27. The first kappa shape index (κ1) is 21.4. The molecule has 0 aliphatic carbocycles. The van der Waals surface area contributed by atoms with Crippen molar-refractivity contribution in [3.05, 3.63) is 34.1 Å². The Morgan fingerprint density at radius 1 is 1.29 bits per heavy atom. The fourth-order valence-electron chi connectivity index (χ4n) is 3.39. The van der Waals surface area contributed by atoms with Crippen LogP contribution in [0.15, 0.2) is 18.2 Å². The number of hydrogen-bond donors (Lipinski definition) is 2. The zero-order valence-corrected chi connectivity index (χ0v) is 16.8. The van der Waals surface area contributed by atoms with Gasteiger partial charge < -0.3 is 4.98 Å². The molecule has 4 rings (SSSR count). The zero-order chi connectivity index (χ0) is 20.9. The van der Waals surface area contributed by atoms with Crippen LogP contribution in [0.25, 0.3) is 16.6 Å². The first-order valence-corrected chi connectivity index (χ1v) is 10.4. The lowest BCUT2D eigenvalue weighted by atomic mass is 10.0. The first-order chi connectivity index (χ1) is 12.9. The Morgan fingerprint density at radius 2 is 1.93 bits per heavy atom. The van der Waals surface area contributed by atoms with E-state index in [1.807, 2.05) is 6.07 Å². The number of halogens is 5. The van der Waals surface area contributed by atoms with Gasteiger partial charge in [0.2, 0.25) is 0 Å². The minimum Gasteiger partial charge on any atom is -0.338 e. The van der Waals surface area contributed by atoms with E-state index in [2.05, 4.69) is 28.0 Å². The summed E-state index contributed by atoms with van der Waals surface area (Å²) in [4.78, 5) is 10.5. The molecule has 154 valence electrons. The number of alkyl halides is 3. The topological polar surface area (TPSA) is 86.3 Å². The van der Waals surface area contributed by atoms with E-state index in [9.17, 15) is 13.2 Å². The van der Waals surface area contributed by atoms with Gasteiger partial charge in [-0.25, -0.2) is 4.98 Å². The van der Waals surface area contributed by atoms with Crippen LogP contribution in [0.4, 0.5) is 13.2 Å². The molecule has 2 aliphatic heterocycles. The molecule has 0 spiro atoms. The summed E-state index contributed by atoms with van der Waals surface area (Å²) in [6, 6.07) is 4.94. The van der Waals surface area contributed by atoms with E-state index in [-0.39, 0.29) is 0 Å². The SMILES string of the molecule is CN1C2C=C(c3nc4c(Cl)c(Cl)ccc4[nH]3)CC1CC2.O=S(=O)(O)C(F)(F)F. The van der Waals surface area contributed by atoms with Crippen LogP contribution in [0.2, 0.25) is 10.0 Å². The lowest BCUT2D eigenvalue weighted by molar-refractivity contribution is -0.0510. The number of nitrogens with one attached hydrogen (secondary N) is 1. The minimum atomic E-state index is -5.84. The van der Waals surface area contributed by atoms with Crippen molar-refractivity contribution in [3.63, 3.8) is 0 Å². The van der Waals surface area contributed by atoms with Crippen LogP contribution in [0.1, 0.15) is 25.1 Å². The maximum atomic E-state index is 10.7. The summed E-state index contributed by atoms with van der Waals surface area (Å²) in [6.07, 6.45) is 5.92. The van der Waals surface area contributed by atoms with E-state index in [4.69, 9.17) is 36.2 Å². The van der Waals surface area contributed by atoms with Gasteiger partial charge in [-0.05, 0) is 44.0 Å². The average molecular weight is 458 g/mol. The Balaban J connectivity index is 0.000000242. The number of nitrogens with zero attached hydrogens (tertiary/aromatic N) is 2. The van der Waals surface area contributed by atoms with Crippen LogP contribution in [0.5, 0.6) is 0 Å². The van der Waals surface area contributed by atoms with E-state index in [1.54, 1.807) is 6.07 Å². The van der Waals surface area contributed by atoms with Gasteiger partial charge >= 0.3 is 15.6 Å². The second-order valence-corrected chi connectivity index (χ2v) is 8.82. The monoisotopic (exact) mass is 457 g/mol. The van der Waals surface area contributed by atoms with Gasteiger partial charge in [-0.1, -0.05) is 29.3 Å². The van der Waals surface area contributed by atoms with Gasteiger partial charge in [0, 0.05) is 12.1 Å². The number of hydrogen-bond acceptors (Lipinski definition) is 4. The number of aromatic amines is 1. The van der Waals surface area contributed by atoms with Crippen molar-refractivity contribution in [2.45, 2.75) is 36.9 Å². The molecule has 2 unspecified atom stereocenters. The Bertz CT molecular complexity index is 1040. The molecule has 2 N–H and O–H groups in total. The molecule has 2 aromatic rings. The number of rotatable bonds is 1. The molecular formula is C16H16Cl2F3N3O3S. The molecule has 1 saturated heterocycles. The summed E-state index contributed by atoms with van der Waals surface area (Å²) < 4.78 is 57.5. The van der Waals surface area contributed by atoms with Gasteiger partial charge in [0.25, 0.3) is 0 Å². The summed E-state index contributed by atoms with van der Waals surface area (Å²) in [5.41, 5.74) is -2.52. The number of benzene rings is 1. The third-order valence-electron chi connectivity index (χ3n) is 4.89. The molecule has 2 bridgehead atoms. The van der Waals surface area contributed by atoms with Crippen LogP contribution in [-0.4, -0.2) is 52.5 Å². The highest BCUT2D eigenvalue weighted by atomic mass is 35.5. The largest absolute Gasteiger partial charge is 0.522 e. The molecule has 1 aromatic heterocycles. The van der Waals surface area contributed by atoms with Crippen molar-refractivity contribution in [1.29, 1.82) is 0 Å². The third kappa shape index (κ3) is 4.16. The van der Waals surface area contributed by atoms with Crippen LogP contribution < -0.4 is 0 Å². The Kier molecular flexibility index (Phi) is 5.72. The number of likely N-dealkylation sites (N-methyl/N-ethyl adjacent to an activating group) is 1. The van der Waals surface area contributed by atoms with E-state index < -0.39 is 15.6 Å². The van der Waals surface area contributed by atoms with Gasteiger partial charge in [-0.15, -0.1) is 0 Å². The molecular weight excluding hydrogens is 442 g/mol. The molecule has 1 fully saturated rings. The van der Waals surface area contributed by atoms with Crippen molar-refractivity contribution in [1.82, 2.24) is 14.9 Å². The normalized spacial score (nSPS) is 22.8. The highest BCUT2D eigenvalue weighted by Gasteiger charge is 2.44. The second kappa shape index (κ2) is 7.49. The number of fused-ring (bicyclic) bond motifs is 3. The lowest BCUT2D eigenvalue weighted by Crippen LogP contribution is -2.34. The van der Waals surface area contributed by atoms with Crippen molar-refractivity contribution in [2.24, 2.45) is 0 Å². The summed E-state index contributed by atoms with van der Waals surface area (Å²) in [5, 5.41) is 1.08. The molecule has 6 nitrogen and oxygen atoms in total. The zero-order valence-electron chi connectivity index (χ0n) is 14.5. The molecule has 0 amide bonds. The summed E-state index contributed by atoms with van der Waals surface area (Å²) in [6.45, 7) is 0. The molecule has 2 aliphatic rings. The number of aromatic nitrogens is 2. The number of imidazole rings is 1. The molecule has 12 heteroatoms. The molecule has 28 heavy (non-hydrogen) atoms. The van der Waals surface area contributed by atoms with Crippen LogP contribution in [0, 0.1) is 0 Å². The lowest BCUT2D eigenvalue weighted by Gasteiger charge is -2.29. The van der Waals surface area contributed by atoms with Gasteiger partial charge in [0.05, 0.1) is 15.6 Å². The van der Waals surface area contributed by atoms with Crippen LogP contribution in [-0.2, 0) is 10.1 Å². The van der Waals surface area contributed by atoms with Gasteiger partial charge in [-0.3, -0.25) is 9.45 Å². The minimum absolute atomic E-state index is 0.531. The Hall–Kier alpha value is -1.33. The fraction of sp³-hybridized carbons (Fsp3) is 0.438. The summed E-state index contributed by atoms with van der Waals surface area (Å²) in [7, 11) is -3.63. The predicted molar refractivity (Wildman–Crippen MR) is 101 cm³/mol. The van der Waals surface area contributed by atoms with Gasteiger partial charge in [-0.2, -0.15) is 21.6 Å². The maximum absolute atomic E-state index is 10.7. The van der Waals surface area contributed by atoms with Crippen LogP contribution in [0.3, 0.4) is 0 Å². The molecule has 3 heterocycles. The predicted octanol–water partition coefficient (Wildman–Crippen LogP) is 4.51.